The van der Waals surface area contributed by atoms with Gasteiger partial charge in [0.2, 0.25) is 0 Å². The van der Waals surface area contributed by atoms with Crippen molar-refractivity contribution >= 4 is 21.7 Å². The second-order valence-corrected chi connectivity index (χ2v) is 5.63. The Bertz CT molecular complexity index is 564. The lowest BCUT2D eigenvalue weighted by Crippen LogP contribution is -2.02. The van der Waals surface area contributed by atoms with E-state index in [1.165, 1.54) is 5.56 Å². The minimum Gasteiger partial charge on any atom is -0.294 e. The summed E-state index contributed by atoms with van der Waals surface area (Å²) in [6.07, 6.45) is 1.36. The molecule has 98 valence electrons. The van der Waals surface area contributed by atoms with E-state index in [0.717, 1.165) is 27.6 Å². The first-order valence-electron chi connectivity index (χ1n) is 6.42. The van der Waals surface area contributed by atoms with Gasteiger partial charge in [-0.15, -0.1) is 0 Å². The van der Waals surface area contributed by atoms with Crippen molar-refractivity contribution in [3.05, 3.63) is 69.2 Å². The number of carbonyl (C=O) groups excluding carboxylic acids is 1. The van der Waals surface area contributed by atoms with Crippen molar-refractivity contribution in [2.24, 2.45) is 0 Å². The van der Waals surface area contributed by atoms with Gasteiger partial charge in [-0.3, -0.25) is 4.79 Å². The normalized spacial score (nSPS) is 10.5. The molecular weight excluding hydrogens is 300 g/mol. The van der Waals surface area contributed by atoms with Gasteiger partial charge < -0.3 is 0 Å². The zero-order valence-corrected chi connectivity index (χ0v) is 12.8. The van der Waals surface area contributed by atoms with E-state index < -0.39 is 0 Å². The first-order chi connectivity index (χ1) is 9.08. The maximum atomic E-state index is 12.2. The molecule has 0 saturated carbocycles. The van der Waals surface area contributed by atoms with Gasteiger partial charge in [0.1, 0.15) is 0 Å². The maximum absolute atomic E-state index is 12.2. The third-order valence-electron chi connectivity index (χ3n) is 3.24. The summed E-state index contributed by atoms with van der Waals surface area (Å²) < 4.78 is 1.09. The van der Waals surface area contributed by atoms with Gasteiger partial charge in [0.15, 0.2) is 5.78 Å². The summed E-state index contributed by atoms with van der Waals surface area (Å²) in [6.45, 7) is 4.04. The zero-order valence-electron chi connectivity index (χ0n) is 11.2. The highest BCUT2D eigenvalue weighted by Gasteiger charge is 2.09. The molecule has 0 N–H and O–H groups in total. The highest BCUT2D eigenvalue weighted by Crippen LogP contribution is 2.23. The van der Waals surface area contributed by atoms with E-state index >= 15 is 0 Å². The number of carbonyl (C=O) groups is 1. The maximum Gasteiger partial charge on any atom is 0.163 e. The van der Waals surface area contributed by atoms with Crippen LogP contribution in [0.5, 0.6) is 0 Å². The number of halogens is 1. The fraction of sp³-hybridized carbons (Fsp3) is 0.235. The van der Waals surface area contributed by atoms with E-state index in [9.17, 15) is 4.79 Å². The molecule has 0 aliphatic heterocycles. The van der Waals surface area contributed by atoms with Crippen LogP contribution in [0.3, 0.4) is 0 Å². The van der Waals surface area contributed by atoms with Crippen molar-refractivity contribution < 1.29 is 4.79 Å². The molecular formula is C17H17BrO. The summed E-state index contributed by atoms with van der Waals surface area (Å²) in [4.78, 5) is 12.2. The predicted octanol–water partition coefficient (Wildman–Crippen LogP) is 4.88. The van der Waals surface area contributed by atoms with Crippen LogP contribution in [-0.2, 0) is 6.42 Å². The van der Waals surface area contributed by atoms with Crippen LogP contribution in [0.25, 0.3) is 0 Å². The molecule has 2 rings (SSSR count). The highest BCUT2D eigenvalue weighted by molar-refractivity contribution is 9.10. The van der Waals surface area contributed by atoms with Crippen molar-refractivity contribution in [3.8, 4) is 0 Å². The number of rotatable bonds is 4. The Morgan fingerprint density at radius 1 is 1.05 bits per heavy atom. The van der Waals surface area contributed by atoms with Crippen LogP contribution in [0.1, 0.15) is 33.5 Å². The number of ketones is 1. The summed E-state index contributed by atoms with van der Waals surface area (Å²) in [5.74, 6) is 0.211. The van der Waals surface area contributed by atoms with Crippen molar-refractivity contribution in [1.82, 2.24) is 0 Å². The molecule has 0 fully saturated rings. The molecule has 0 aromatic heterocycles. The fourth-order valence-corrected chi connectivity index (χ4v) is 2.38. The van der Waals surface area contributed by atoms with E-state index in [1.807, 2.05) is 44.2 Å². The molecule has 2 aromatic rings. The van der Waals surface area contributed by atoms with Crippen LogP contribution >= 0.6 is 15.9 Å². The van der Waals surface area contributed by atoms with Gasteiger partial charge in [-0.05, 0) is 49.1 Å². The lowest BCUT2D eigenvalue weighted by atomic mass is 9.99. The Morgan fingerprint density at radius 2 is 1.63 bits per heavy atom. The number of hydrogen-bond donors (Lipinski definition) is 0. The average Bonchev–Trinajstić information content (AvgIpc) is 2.42. The quantitative estimate of drug-likeness (QED) is 0.734. The van der Waals surface area contributed by atoms with E-state index in [0.29, 0.717) is 6.42 Å². The van der Waals surface area contributed by atoms with Crippen molar-refractivity contribution in [2.75, 3.05) is 0 Å². The van der Waals surface area contributed by atoms with Gasteiger partial charge in [-0.1, -0.05) is 46.3 Å². The summed E-state index contributed by atoms with van der Waals surface area (Å²) in [5, 5.41) is 0. The van der Waals surface area contributed by atoms with E-state index in [-0.39, 0.29) is 5.78 Å². The molecule has 1 nitrogen and oxygen atoms in total. The Balaban J connectivity index is 2.08. The monoisotopic (exact) mass is 316 g/mol. The summed E-state index contributed by atoms with van der Waals surface area (Å²) >= 11 is 3.53. The third kappa shape index (κ3) is 3.54. The van der Waals surface area contributed by atoms with Crippen molar-refractivity contribution in [1.29, 1.82) is 0 Å². The van der Waals surface area contributed by atoms with Crippen LogP contribution in [-0.4, -0.2) is 5.78 Å². The minimum absolute atomic E-state index is 0.211. The van der Waals surface area contributed by atoms with Crippen LogP contribution in [0, 0.1) is 13.8 Å². The number of aryl methyl sites for hydroxylation is 3. The largest absolute Gasteiger partial charge is 0.294 e. The molecule has 0 spiro atoms. The van der Waals surface area contributed by atoms with E-state index in [1.54, 1.807) is 0 Å². The number of benzene rings is 2. The van der Waals surface area contributed by atoms with Crippen LogP contribution in [0.15, 0.2) is 46.9 Å². The molecule has 0 bridgehead atoms. The van der Waals surface area contributed by atoms with Crippen molar-refractivity contribution in [2.45, 2.75) is 26.7 Å². The zero-order chi connectivity index (χ0) is 13.8. The Hall–Kier alpha value is -1.41. The second-order valence-electron chi connectivity index (χ2n) is 4.83. The molecule has 0 saturated heterocycles. The molecule has 0 amide bonds. The molecule has 2 aromatic carbocycles. The number of Topliss-reactive ketones (excluding diaryl/α,β-unsaturated/α-hetero) is 1. The Morgan fingerprint density at radius 3 is 2.21 bits per heavy atom. The third-order valence-corrected chi connectivity index (χ3v) is 4.49. The first-order valence-corrected chi connectivity index (χ1v) is 7.21. The summed E-state index contributed by atoms with van der Waals surface area (Å²) in [7, 11) is 0. The van der Waals surface area contributed by atoms with Gasteiger partial charge in [-0.25, -0.2) is 0 Å². The van der Waals surface area contributed by atoms with Crippen LogP contribution in [0.4, 0.5) is 0 Å². The standard InChI is InChI=1S/C17H17BrO/c1-12-10-15(11-13(2)17(12)18)16(19)9-8-14-6-4-3-5-7-14/h3-7,10-11H,8-9H2,1-2H3. The van der Waals surface area contributed by atoms with Gasteiger partial charge >= 0.3 is 0 Å². The molecule has 0 heterocycles. The summed E-state index contributed by atoms with van der Waals surface area (Å²) in [6, 6.07) is 14.1. The van der Waals surface area contributed by atoms with Crippen LogP contribution in [0.2, 0.25) is 0 Å². The molecule has 2 heteroatoms. The first kappa shape index (κ1) is 14.0. The lowest BCUT2D eigenvalue weighted by molar-refractivity contribution is 0.0982. The van der Waals surface area contributed by atoms with Gasteiger partial charge in [0.05, 0.1) is 0 Å². The molecule has 0 atom stereocenters. The molecule has 0 aliphatic rings. The Labute approximate surface area is 122 Å². The highest BCUT2D eigenvalue weighted by atomic mass is 79.9. The number of hydrogen-bond acceptors (Lipinski definition) is 1. The molecule has 0 aliphatic carbocycles. The van der Waals surface area contributed by atoms with Crippen LogP contribution < -0.4 is 0 Å². The molecule has 19 heavy (non-hydrogen) atoms. The lowest BCUT2D eigenvalue weighted by Gasteiger charge is -2.07. The van der Waals surface area contributed by atoms with Crippen molar-refractivity contribution in [3.63, 3.8) is 0 Å². The molecule has 0 radical (unpaired) electrons. The average molecular weight is 317 g/mol. The van der Waals surface area contributed by atoms with Gasteiger partial charge in [-0.2, -0.15) is 0 Å². The second kappa shape index (κ2) is 6.16. The smallest absolute Gasteiger partial charge is 0.163 e. The van der Waals surface area contributed by atoms with E-state index in [2.05, 4.69) is 28.1 Å². The van der Waals surface area contributed by atoms with E-state index in [4.69, 9.17) is 0 Å². The SMILES string of the molecule is Cc1cc(C(=O)CCc2ccccc2)cc(C)c1Br. The Kier molecular flexibility index (Phi) is 4.54. The minimum atomic E-state index is 0.211. The predicted molar refractivity (Wildman–Crippen MR) is 82.7 cm³/mol. The summed E-state index contributed by atoms with van der Waals surface area (Å²) in [5.41, 5.74) is 4.25. The molecule has 0 unspecified atom stereocenters. The van der Waals surface area contributed by atoms with Gasteiger partial charge in [0.25, 0.3) is 0 Å². The topological polar surface area (TPSA) is 17.1 Å². The van der Waals surface area contributed by atoms with Gasteiger partial charge in [0, 0.05) is 16.5 Å². The fourth-order valence-electron chi connectivity index (χ4n) is 2.15.